The molecule has 0 unspecified atom stereocenters. The topological polar surface area (TPSA) is 106 Å². The number of amides is 2. The van der Waals surface area contributed by atoms with Gasteiger partial charge in [-0.15, -0.1) is 0 Å². The van der Waals surface area contributed by atoms with Crippen LogP contribution in [0.15, 0.2) is 58.5 Å². The number of anilines is 1. The van der Waals surface area contributed by atoms with Crippen LogP contribution in [0, 0.1) is 29.8 Å². The molecule has 1 fully saturated rings. The van der Waals surface area contributed by atoms with E-state index in [0.29, 0.717) is 11.3 Å². The number of furan rings is 1. The van der Waals surface area contributed by atoms with E-state index in [9.17, 15) is 24.1 Å². The van der Waals surface area contributed by atoms with E-state index >= 15 is 0 Å². The summed E-state index contributed by atoms with van der Waals surface area (Å²) < 4.78 is 18.8. The number of nitro groups is 1. The lowest BCUT2D eigenvalue weighted by Gasteiger charge is -2.14. The summed E-state index contributed by atoms with van der Waals surface area (Å²) in [6, 6.07) is 11.3. The van der Waals surface area contributed by atoms with Gasteiger partial charge in [0.2, 0.25) is 0 Å². The van der Waals surface area contributed by atoms with E-state index in [0.717, 1.165) is 16.1 Å². The molecule has 2 heterocycles. The van der Waals surface area contributed by atoms with E-state index in [1.807, 2.05) is 6.92 Å². The average molecular weight is 421 g/mol. The Bertz CT molecular complexity index is 1260. The van der Waals surface area contributed by atoms with Gasteiger partial charge in [-0.3, -0.25) is 25.1 Å². The van der Waals surface area contributed by atoms with Crippen LogP contribution in [0.5, 0.6) is 0 Å². The molecular weight excluding hydrogens is 405 g/mol. The molecule has 0 aliphatic carbocycles. The Morgan fingerprint density at radius 1 is 1.06 bits per heavy atom. The van der Waals surface area contributed by atoms with Gasteiger partial charge in [-0.05, 0) is 73.5 Å². The van der Waals surface area contributed by atoms with Crippen molar-refractivity contribution in [3.8, 4) is 11.3 Å². The summed E-state index contributed by atoms with van der Waals surface area (Å²) in [7, 11) is 0. The van der Waals surface area contributed by atoms with Crippen LogP contribution in [0.4, 0.5) is 15.8 Å². The number of nitrogens with one attached hydrogen (secondary N) is 1. The van der Waals surface area contributed by atoms with Crippen molar-refractivity contribution in [2.45, 2.75) is 13.8 Å². The number of halogens is 1. The lowest BCUT2D eigenvalue weighted by molar-refractivity contribution is -0.384. The molecule has 1 aliphatic rings. The van der Waals surface area contributed by atoms with E-state index in [1.54, 1.807) is 19.1 Å². The highest BCUT2D eigenvalue weighted by Gasteiger charge is 2.34. The van der Waals surface area contributed by atoms with Crippen molar-refractivity contribution in [2.24, 2.45) is 0 Å². The van der Waals surface area contributed by atoms with Crippen LogP contribution in [0.25, 0.3) is 17.4 Å². The first kappa shape index (κ1) is 20.0. The highest BCUT2D eigenvalue weighted by Crippen LogP contribution is 2.34. The minimum Gasteiger partial charge on any atom is -0.456 e. The van der Waals surface area contributed by atoms with E-state index in [2.05, 4.69) is 5.43 Å². The number of carbonyl (C=O) groups is 2. The van der Waals surface area contributed by atoms with E-state index < -0.39 is 22.6 Å². The van der Waals surface area contributed by atoms with E-state index in [1.165, 1.54) is 42.5 Å². The number of aryl methyl sites for hydroxylation is 2. The maximum Gasteiger partial charge on any atom is 0.282 e. The normalized spacial score (nSPS) is 14.9. The van der Waals surface area contributed by atoms with Gasteiger partial charge in [0.15, 0.2) is 0 Å². The fourth-order valence-corrected chi connectivity index (χ4v) is 3.20. The molecule has 4 rings (SSSR count). The summed E-state index contributed by atoms with van der Waals surface area (Å²) >= 11 is 0. The van der Waals surface area contributed by atoms with Crippen molar-refractivity contribution in [1.82, 2.24) is 5.43 Å². The molecule has 0 radical (unpaired) electrons. The number of rotatable bonds is 4. The summed E-state index contributed by atoms with van der Waals surface area (Å²) in [4.78, 5) is 35.9. The van der Waals surface area contributed by atoms with Crippen LogP contribution in [0.3, 0.4) is 0 Å². The fraction of sp³-hybridized carbons (Fsp3) is 0.0909. The first-order valence-corrected chi connectivity index (χ1v) is 9.23. The van der Waals surface area contributed by atoms with Gasteiger partial charge < -0.3 is 4.42 Å². The van der Waals surface area contributed by atoms with Crippen molar-refractivity contribution in [1.29, 1.82) is 0 Å². The van der Waals surface area contributed by atoms with Crippen molar-refractivity contribution < 1.29 is 23.3 Å². The average Bonchev–Trinajstić information content (AvgIpc) is 3.30. The molecule has 9 heteroatoms. The number of hydrogen-bond donors (Lipinski definition) is 1. The van der Waals surface area contributed by atoms with Crippen molar-refractivity contribution in [3.05, 3.63) is 86.9 Å². The third-order valence-corrected chi connectivity index (χ3v) is 4.96. The van der Waals surface area contributed by atoms with Gasteiger partial charge in [0.1, 0.15) is 22.9 Å². The zero-order valence-electron chi connectivity index (χ0n) is 16.5. The predicted molar refractivity (Wildman–Crippen MR) is 110 cm³/mol. The summed E-state index contributed by atoms with van der Waals surface area (Å²) in [5.41, 5.74) is 4.36. The second-order valence-corrected chi connectivity index (χ2v) is 7.03. The Labute approximate surface area is 175 Å². The lowest BCUT2D eigenvalue weighted by Crippen LogP contribution is -2.35. The van der Waals surface area contributed by atoms with Crippen molar-refractivity contribution in [2.75, 3.05) is 5.01 Å². The first-order chi connectivity index (χ1) is 14.7. The van der Waals surface area contributed by atoms with Crippen LogP contribution in [-0.4, -0.2) is 16.7 Å². The molecule has 0 atom stereocenters. The van der Waals surface area contributed by atoms with Gasteiger partial charge in [0.25, 0.3) is 17.5 Å². The molecule has 1 N–H and O–H groups in total. The largest absolute Gasteiger partial charge is 0.456 e. The summed E-state index contributed by atoms with van der Waals surface area (Å²) in [6.07, 6.45) is 1.26. The number of nitrogens with zero attached hydrogens (tertiary/aromatic N) is 2. The molecule has 1 aliphatic heterocycles. The van der Waals surface area contributed by atoms with Gasteiger partial charge in [0, 0.05) is 6.07 Å². The molecule has 31 heavy (non-hydrogen) atoms. The summed E-state index contributed by atoms with van der Waals surface area (Å²) in [5, 5.41) is 12.5. The second-order valence-electron chi connectivity index (χ2n) is 7.03. The molecule has 3 aromatic rings. The Morgan fingerprint density at radius 2 is 1.74 bits per heavy atom. The number of hydrazine groups is 1. The molecular formula is C22H16FN3O5. The molecule has 8 nitrogen and oxygen atoms in total. The predicted octanol–water partition coefficient (Wildman–Crippen LogP) is 4.07. The van der Waals surface area contributed by atoms with Gasteiger partial charge >= 0.3 is 0 Å². The number of hydrogen-bond acceptors (Lipinski definition) is 5. The SMILES string of the molecule is Cc1cc(-c2ccc(/C=C3\C(=O)NN(c4ccc(F)cc4)C3=O)o2)c([N+](=O)[O-])cc1C. The maximum atomic E-state index is 13.1. The monoisotopic (exact) mass is 421 g/mol. The van der Waals surface area contributed by atoms with Crippen molar-refractivity contribution in [3.63, 3.8) is 0 Å². The smallest absolute Gasteiger partial charge is 0.282 e. The molecule has 1 saturated heterocycles. The molecule has 156 valence electrons. The van der Waals surface area contributed by atoms with Crippen LogP contribution in [-0.2, 0) is 9.59 Å². The third kappa shape index (κ3) is 3.68. The highest BCUT2D eigenvalue weighted by atomic mass is 19.1. The van der Waals surface area contributed by atoms with Gasteiger partial charge in [0.05, 0.1) is 16.2 Å². The minimum absolute atomic E-state index is 0.103. The zero-order valence-corrected chi connectivity index (χ0v) is 16.5. The van der Waals surface area contributed by atoms with E-state index in [-0.39, 0.29) is 22.8 Å². The number of nitro benzene ring substituents is 1. The van der Waals surface area contributed by atoms with Crippen LogP contribution >= 0.6 is 0 Å². The second kappa shape index (κ2) is 7.52. The molecule has 0 saturated carbocycles. The number of carbonyl (C=O) groups excluding carboxylic acids is 2. The Kier molecular flexibility index (Phi) is 4.86. The zero-order chi connectivity index (χ0) is 22.3. The van der Waals surface area contributed by atoms with Crippen LogP contribution in [0.2, 0.25) is 0 Å². The fourth-order valence-electron chi connectivity index (χ4n) is 3.20. The molecule has 1 aromatic heterocycles. The highest BCUT2D eigenvalue weighted by molar-refractivity contribution is 6.31. The quantitative estimate of drug-likeness (QED) is 0.296. The van der Waals surface area contributed by atoms with E-state index in [4.69, 9.17) is 4.42 Å². The molecule has 2 amide bonds. The summed E-state index contributed by atoms with van der Waals surface area (Å²) in [6.45, 7) is 3.61. The first-order valence-electron chi connectivity index (χ1n) is 9.23. The minimum atomic E-state index is -0.649. The van der Waals surface area contributed by atoms with Gasteiger partial charge in [-0.25, -0.2) is 9.40 Å². The Morgan fingerprint density at radius 3 is 2.42 bits per heavy atom. The van der Waals surface area contributed by atoms with Crippen LogP contribution < -0.4 is 10.4 Å². The van der Waals surface area contributed by atoms with Gasteiger partial charge in [-0.1, -0.05) is 0 Å². The lowest BCUT2D eigenvalue weighted by atomic mass is 10.0. The molecule has 0 spiro atoms. The Hall–Kier alpha value is -4.27. The summed E-state index contributed by atoms with van der Waals surface area (Å²) in [5.74, 6) is -1.33. The standard InChI is InChI=1S/C22H16FN3O5/c1-12-9-17(19(26(29)30)10-13(12)2)20-8-7-16(31-20)11-18-21(27)24-25(22(18)28)15-5-3-14(23)4-6-15/h3-11H,1-2H3,(H,24,27)/b18-11+. The molecule has 2 aromatic carbocycles. The van der Waals surface area contributed by atoms with Crippen molar-refractivity contribution >= 4 is 29.3 Å². The molecule has 0 bridgehead atoms. The third-order valence-electron chi connectivity index (χ3n) is 4.96. The van der Waals surface area contributed by atoms with Crippen LogP contribution in [0.1, 0.15) is 16.9 Å². The van der Waals surface area contributed by atoms with Gasteiger partial charge in [-0.2, -0.15) is 0 Å². The number of benzene rings is 2. The Balaban J connectivity index is 1.67. The maximum absolute atomic E-state index is 13.1.